The molecule has 1 aromatic carbocycles. The van der Waals surface area contributed by atoms with Crippen molar-refractivity contribution in [1.82, 2.24) is 25.0 Å². The summed E-state index contributed by atoms with van der Waals surface area (Å²) in [6.45, 7) is 4.79. The molecule has 0 atom stereocenters. The molecule has 1 fully saturated rings. The zero-order valence-corrected chi connectivity index (χ0v) is 13.7. The molecule has 23 heavy (non-hydrogen) atoms. The highest BCUT2D eigenvalue weighted by atomic mass is 16.5. The number of ether oxygens (including phenoxy) is 1. The minimum Gasteiger partial charge on any atom is -0.490 e. The Kier molecular flexibility index (Phi) is 5.60. The van der Waals surface area contributed by atoms with E-state index in [0.29, 0.717) is 6.10 Å². The fraction of sp³-hybridized carbons (Fsp3) is 0.529. The zero-order valence-electron chi connectivity index (χ0n) is 13.7. The third-order valence-electron chi connectivity index (χ3n) is 4.12. The van der Waals surface area contributed by atoms with Gasteiger partial charge < -0.3 is 15.0 Å². The quantitative estimate of drug-likeness (QED) is 0.840. The van der Waals surface area contributed by atoms with Gasteiger partial charge in [0.2, 0.25) is 0 Å². The molecule has 1 N–H and O–H groups in total. The Morgan fingerprint density at radius 2 is 2.22 bits per heavy atom. The van der Waals surface area contributed by atoms with Gasteiger partial charge in [0.1, 0.15) is 24.5 Å². The van der Waals surface area contributed by atoms with E-state index in [1.54, 1.807) is 12.7 Å². The van der Waals surface area contributed by atoms with E-state index in [-0.39, 0.29) is 0 Å². The predicted molar refractivity (Wildman–Crippen MR) is 89.3 cm³/mol. The Labute approximate surface area is 137 Å². The first-order chi connectivity index (χ1) is 11.3. The summed E-state index contributed by atoms with van der Waals surface area (Å²) in [7, 11) is 2.12. The van der Waals surface area contributed by atoms with Crippen molar-refractivity contribution in [2.45, 2.75) is 32.0 Å². The molecule has 124 valence electrons. The lowest BCUT2D eigenvalue weighted by Gasteiger charge is -2.24. The number of nitrogens with one attached hydrogen (secondary N) is 1. The molecular formula is C17H25N5O. The molecular weight excluding hydrogens is 290 g/mol. The van der Waals surface area contributed by atoms with Crippen LogP contribution in [-0.2, 0) is 13.1 Å². The third kappa shape index (κ3) is 5.04. The number of rotatable bonds is 7. The van der Waals surface area contributed by atoms with Crippen molar-refractivity contribution in [3.8, 4) is 5.75 Å². The molecule has 2 heterocycles. The van der Waals surface area contributed by atoms with E-state index in [9.17, 15) is 0 Å². The average Bonchev–Trinajstić information content (AvgIpc) is 3.08. The number of aromatic nitrogens is 3. The monoisotopic (exact) mass is 315 g/mol. The van der Waals surface area contributed by atoms with Crippen LogP contribution in [0, 0.1) is 0 Å². The van der Waals surface area contributed by atoms with E-state index in [2.05, 4.69) is 51.6 Å². The van der Waals surface area contributed by atoms with Gasteiger partial charge in [-0.05, 0) is 50.7 Å². The van der Waals surface area contributed by atoms with Crippen LogP contribution in [0.1, 0.15) is 18.4 Å². The van der Waals surface area contributed by atoms with Gasteiger partial charge in [0.05, 0.1) is 6.54 Å². The molecule has 0 spiro atoms. The Bertz CT molecular complexity index is 580. The van der Waals surface area contributed by atoms with Crippen molar-refractivity contribution in [2.75, 3.05) is 26.7 Å². The van der Waals surface area contributed by atoms with Crippen molar-refractivity contribution >= 4 is 0 Å². The van der Waals surface area contributed by atoms with E-state index in [1.807, 2.05) is 4.68 Å². The number of hydrogen-bond donors (Lipinski definition) is 1. The minimum atomic E-state index is 0.344. The maximum atomic E-state index is 6.12. The van der Waals surface area contributed by atoms with Crippen molar-refractivity contribution in [2.24, 2.45) is 0 Å². The van der Waals surface area contributed by atoms with E-state index in [4.69, 9.17) is 4.74 Å². The van der Waals surface area contributed by atoms with E-state index < -0.39 is 0 Å². The Hall–Kier alpha value is -1.92. The average molecular weight is 315 g/mol. The lowest BCUT2D eigenvalue weighted by molar-refractivity contribution is 0.162. The van der Waals surface area contributed by atoms with Crippen molar-refractivity contribution in [1.29, 1.82) is 0 Å². The fourth-order valence-electron chi connectivity index (χ4n) is 2.83. The van der Waals surface area contributed by atoms with Gasteiger partial charge in [-0.1, -0.05) is 12.1 Å². The summed E-state index contributed by atoms with van der Waals surface area (Å²) < 4.78 is 7.97. The highest BCUT2D eigenvalue weighted by Gasteiger charge is 2.14. The van der Waals surface area contributed by atoms with Crippen LogP contribution in [0.4, 0.5) is 0 Å². The van der Waals surface area contributed by atoms with Gasteiger partial charge in [-0.15, -0.1) is 0 Å². The summed E-state index contributed by atoms with van der Waals surface area (Å²) in [6, 6.07) is 8.45. The van der Waals surface area contributed by atoms with Crippen LogP contribution in [0.15, 0.2) is 36.9 Å². The minimum absolute atomic E-state index is 0.344. The van der Waals surface area contributed by atoms with E-state index >= 15 is 0 Å². The summed E-state index contributed by atoms with van der Waals surface area (Å²) in [5.41, 5.74) is 1.28. The first-order valence-corrected chi connectivity index (χ1v) is 8.27. The largest absolute Gasteiger partial charge is 0.490 e. The van der Waals surface area contributed by atoms with Gasteiger partial charge >= 0.3 is 0 Å². The van der Waals surface area contributed by atoms with Gasteiger partial charge in [-0.3, -0.25) is 4.68 Å². The second-order valence-electron chi connectivity index (χ2n) is 6.11. The van der Waals surface area contributed by atoms with Crippen molar-refractivity contribution in [3.05, 3.63) is 42.5 Å². The molecule has 2 aromatic rings. The topological polar surface area (TPSA) is 55.2 Å². The second kappa shape index (κ2) is 8.08. The lowest BCUT2D eigenvalue weighted by atomic mass is 10.1. The summed E-state index contributed by atoms with van der Waals surface area (Å²) in [5.74, 6) is 0.985. The molecule has 6 nitrogen and oxygen atoms in total. The highest BCUT2D eigenvalue weighted by Crippen LogP contribution is 2.19. The first-order valence-electron chi connectivity index (χ1n) is 8.27. The van der Waals surface area contributed by atoms with Gasteiger partial charge in [0.15, 0.2) is 0 Å². The molecule has 0 unspecified atom stereocenters. The molecule has 1 aliphatic rings. The Balaban J connectivity index is 1.50. The van der Waals surface area contributed by atoms with Crippen LogP contribution < -0.4 is 10.1 Å². The van der Waals surface area contributed by atoms with Crippen molar-refractivity contribution in [3.63, 3.8) is 0 Å². The van der Waals surface area contributed by atoms with Gasteiger partial charge in [0, 0.05) is 13.1 Å². The Morgan fingerprint density at radius 1 is 1.35 bits per heavy atom. The van der Waals surface area contributed by atoms with Crippen LogP contribution in [0.25, 0.3) is 0 Å². The molecule has 3 rings (SSSR count). The second-order valence-corrected chi connectivity index (χ2v) is 6.11. The van der Waals surface area contributed by atoms with Gasteiger partial charge in [-0.25, -0.2) is 4.98 Å². The standard InChI is InChI=1S/C17H25N5O/c1-21(9-10-22-14-19-13-20-22)12-15-3-2-4-17(11-15)23-16-5-7-18-8-6-16/h2-4,11,13-14,16,18H,5-10,12H2,1H3. The summed E-state index contributed by atoms with van der Waals surface area (Å²) in [4.78, 5) is 6.25. The van der Waals surface area contributed by atoms with Gasteiger partial charge in [0.25, 0.3) is 0 Å². The van der Waals surface area contributed by atoms with Crippen molar-refractivity contribution < 1.29 is 4.74 Å². The van der Waals surface area contributed by atoms with Crippen LogP contribution in [0.5, 0.6) is 5.75 Å². The fourth-order valence-corrected chi connectivity index (χ4v) is 2.83. The van der Waals surface area contributed by atoms with Gasteiger partial charge in [-0.2, -0.15) is 5.10 Å². The lowest BCUT2D eigenvalue weighted by Crippen LogP contribution is -2.34. The predicted octanol–water partition coefficient (Wildman–Crippen LogP) is 1.54. The van der Waals surface area contributed by atoms with Crippen LogP contribution in [0.3, 0.4) is 0 Å². The SMILES string of the molecule is CN(CCn1cncn1)Cc1cccc(OC2CCNCC2)c1. The molecule has 1 saturated heterocycles. The Morgan fingerprint density at radius 3 is 3.00 bits per heavy atom. The van der Waals surface area contributed by atoms with E-state index in [1.165, 1.54) is 5.56 Å². The molecule has 0 radical (unpaired) electrons. The van der Waals surface area contributed by atoms with Crippen LogP contribution in [-0.4, -0.2) is 52.5 Å². The molecule has 0 aliphatic carbocycles. The maximum Gasteiger partial charge on any atom is 0.137 e. The highest BCUT2D eigenvalue weighted by molar-refractivity contribution is 5.28. The zero-order chi connectivity index (χ0) is 15.9. The molecule has 6 heteroatoms. The normalized spacial score (nSPS) is 15.9. The number of likely N-dealkylation sites (N-methyl/N-ethyl adjacent to an activating group) is 1. The maximum absolute atomic E-state index is 6.12. The van der Waals surface area contributed by atoms with Crippen LogP contribution >= 0.6 is 0 Å². The molecule has 1 aliphatic heterocycles. The summed E-state index contributed by atoms with van der Waals surface area (Å²) in [5, 5.41) is 7.49. The molecule has 1 aromatic heterocycles. The number of hydrogen-bond acceptors (Lipinski definition) is 5. The summed E-state index contributed by atoms with van der Waals surface area (Å²) >= 11 is 0. The van der Waals surface area contributed by atoms with E-state index in [0.717, 1.165) is 51.3 Å². The number of nitrogens with zero attached hydrogens (tertiary/aromatic N) is 4. The number of piperidine rings is 1. The van der Waals surface area contributed by atoms with Crippen LogP contribution in [0.2, 0.25) is 0 Å². The summed E-state index contributed by atoms with van der Waals surface area (Å²) in [6.07, 6.45) is 5.84. The first kappa shape index (κ1) is 16.0. The third-order valence-corrected chi connectivity index (χ3v) is 4.12. The molecule has 0 bridgehead atoms. The molecule has 0 saturated carbocycles. The number of benzene rings is 1. The smallest absolute Gasteiger partial charge is 0.137 e. The molecule has 0 amide bonds.